The molecule has 0 aliphatic carbocycles. The summed E-state index contributed by atoms with van der Waals surface area (Å²) in [7, 11) is 0. The second kappa shape index (κ2) is 7.98. The molecular weight excluding hydrogens is 442 g/mol. The summed E-state index contributed by atoms with van der Waals surface area (Å²) in [5.41, 5.74) is 4.14. The number of carbonyl (C=O) groups excluding carboxylic acids is 1. The number of nitrogens with one attached hydrogen (secondary N) is 2. The van der Waals surface area contributed by atoms with E-state index in [0.29, 0.717) is 30.0 Å². The Bertz CT molecular complexity index is 800. The number of amides is 1. The van der Waals surface area contributed by atoms with Crippen LogP contribution in [-0.2, 0) is 11.3 Å². The molecule has 6 nitrogen and oxygen atoms in total. The summed E-state index contributed by atoms with van der Waals surface area (Å²) in [5, 5.41) is 11.7. The van der Waals surface area contributed by atoms with Crippen molar-refractivity contribution in [2.45, 2.75) is 6.42 Å². The third-order valence-electron chi connectivity index (χ3n) is 3.63. The van der Waals surface area contributed by atoms with Crippen molar-refractivity contribution in [3.8, 4) is 5.75 Å². The fourth-order valence-electron chi connectivity index (χ4n) is 2.47. The Balaban J connectivity index is 1.92. The molecule has 0 atom stereocenters. The number of aliphatic hydroxyl groups excluding tert-OH is 1. The van der Waals surface area contributed by atoms with E-state index >= 15 is 0 Å². The van der Waals surface area contributed by atoms with Crippen LogP contribution < -0.4 is 15.5 Å². The number of halogens is 2. The summed E-state index contributed by atoms with van der Waals surface area (Å²) < 4.78 is 20.4. The van der Waals surface area contributed by atoms with E-state index in [0.717, 1.165) is 9.13 Å². The molecule has 2 aromatic rings. The highest BCUT2D eigenvalue weighted by Crippen LogP contribution is 2.34. The minimum atomic E-state index is -0.489. The quantitative estimate of drug-likeness (QED) is 0.353. The molecule has 1 aliphatic rings. The predicted octanol–water partition coefficient (Wildman–Crippen LogP) is 2.76. The number of hydroxylamine groups is 1. The van der Waals surface area contributed by atoms with Crippen molar-refractivity contribution in [3.63, 3.8) is 0 Å². The second-order valence-corrected chi connectivity index (χ2v) is 6.60. The van der Waals surface area contributed by atoms with Crippen molar-refractivity contribution < 1.29 is 23.9 Å². The van der Waals surface area contributed by atoms with Crippen LogP contribution in [0.25, 0.3) is 0 Å². The van der Waals surface area contributed by atoms with E-state index in [-0.39, 0.29) is 18.9 Å². The molecule has 0 fully saturated rings. The number of hydrogen-bond acceptors (Lipinski definition) is 5. The molecular formula is C17H16FIN2O4. The highest BCUT2D eigenvalue weighted by Gasteiger charge is 2.20. The number of benzene rings is 2. The first kappa shape index (κ1) is 17.9. The van der Waals surface area contributed by atoms with Crippen LogP contribution in [-0.4, -0.2) is 30.8 Å². The molecule has 0 spiro atoms. The van der Waals surface area contributed by atoms with Crippen LogP contribution in [0.15, 0.2) is 30.3 Å². The second-order valence-electron chi connectivity index (χ2n) is 5.36. The van der Waals surface area contributed by atoms with Gasteiger partial charge in [-0.05, 0) is 52.4 Å². The topological polar surface area (TPSA) is 79.8 Å². The van der Waals surface area contributed by atoms with Crippen LogP contribution >= 0.6 is 22.6 Å². The molecule has 3 rings (SSSR count). The summed E-state index contributed by atoms with van der Waals surface area (Å²) >= 11 is 2.02. The molecule has 3 N–H and O–H groups in total. The van der Waals surface area contributed by atoms with Crippen LogP contribution in [0.3, 0.4) is 0 Å². The largest absolute Gasteiger partial charge is 0.493 e. The van der Waals surface area contributed by atoms with E-state index in [1.807, 2.05) is 22.6 Å². The molecule has 0 unspecified atom stereocenters. The van der Waals surface area contributed by atoms with Gasteiger partial charge in [0.2, 0.25) is 0 Å². The van der Waals surface area contributed by atoms with Gasteiger partial charge in [-0.1, -0.05) is 0 Å². The lowest BCUT2D eigenvalue weighted by Gasteiger charge is -2.14. The molecule has 0 saturated carbocycles. The lowest BCUT2D eigenvalue weighted by molar-refractivity contribution is 0.0169. The molecule has 1 heterocycles. The summed E-state index contributed by atoms with van der Waals surface area (Å²) in [5.74, 6) is -0.242. The first-order valence-corrected chi connectivity index (χ1v) is 8.71. The van der Waals surface area contributed by atoms with Gasteiger partial charge in [-0.15, -0.1) is 0 Å². The van der Waals surface area contributed by atoms with Crippen molar-refractivity contribution in [1.82, 2.24) is 5.48 Å². The summed E-state index contributed by atoms with van der Waals surface area (Å²) in [6.45, 7) is 0.310. The maximum absolute atomic E-state index is 14.1. The first-order valence-electron chi connectivity index (χ1n) is 7.63. The van der Waals surface area contributed by atoms with Gasteiger partial charge in [-0.2, -0.15) is 0 Å². The van der Waals surface area contributed by atoms with Crippen molar-refractivity contribution in [2.24, 2.45) is 0 Å². The average Bonchev–Trinajstić information content (AvgIpc) is 3.04. The third kappa shape index (κ3) is 4.20. The minimum absolute atomic E-state index is 0.0195. The number of hydrogen-bond donors (Lipinski definition) is 3. The number of anilines is 2. The van der Waals surface area contributed by atoms with Gasteiger partial charge in [0, 0.05) is 16.1 Å². The molecule has 0 aromatic heterocycles. The number of aliphatic hydroxyl groups is 1. The van der Waals surface area contributed by atoms with Gasteiger partial charge >= 0.3 is 0 Å². The van der Waals surface area contributed by atoms with E-state index < -0.39 is 11.7 Å². The Hall–Kier alpha value is -1.91. The number of ether oxygens (including phenoxy) is 1. The molecule has 0 bridgehead atoms. The highest BCUT2D eigenvalue weighted by molar-refractivity contribution is 14.1. The van der Waals surface area contributed by atoms with Crippen molar-refractivity contribution in [3.05, 3.63) is 50.8 Å². The number of rotatable bonds is 6. The SMILES string of the molecule is O=C(NOCCO)c1cc2c(cc1Nc1ccc(I)cc1F)OCC2. The normalized spacial score (nSPS) is 12.4. The lowest BCUT2D eigenvalue weighted by Crippen LogP contribution is -2.26. The van der Waals surface area contributed by atoms with Crippen LogP contribution in [0, 0.1) is 9.39 Å². The molecule has 1 amide bonds. The Morgan fingerprint density at radius 1 is 1.32 bits per heavy atom. The van der Waals surface area contributed by atoms with E-state index in [4.69, 9.17) is 14.7 Å². The van der Waals surface area contributed by atoms with Gasteiger partial charge in [0.1, 0.15) is 11.6 Å². The Labute approximate surface area is 157 Å². The minimum Gasteiger partial charge on any atom is -0.493 e. The number of fused-ring (bicyclic) bond motifs is 1. The zero-order valence-electron chi connectivity index (χ0n) is 13.1. The Kier molecular flexibility index (Phi) is 5.71. The third-order valence-corrected chi connectivity index (χ3v) is 4.30. The summed E-state index contributed by atoms with van der Waals surface area (Å²) in [4.78, 5) is 17.3. The first-order chi connectivity index (χ1) is 12.1. The molecule has 8 heteroatoms. The zero-order valence-corrected chi connectivity index (χ0v) is 15.3. The predicted molar refractivity (Wildman–Crippen MR) is 98.5 cm³/mol. The maximum Gasteiger partial charge on any atom is 0.276 e. The van der Waals surface area contributed by atoms with Crippen molar-refractivity contribution >= 4 is 39.9 Å². The van der Waals surface area contributed by atoms with Crippen LogP contribution in [0.5, 0.6) is 5.75 Å². The summed E-state index contributed by atoms with van der Waals surface area (Å²) in [6.07, 6.45) is 0.700. The summed E-state index contributed by atoms with van der Waals surface area (Å²) in [6, 6.07) is 8.15. The molecule has 25 heavy (non-hydrogen) atoms. The van der Waals surface area contributed by atoms with E-state index in [9.17, 15) is 9.18 Å². The molecule has 1 aliphatic heterocycles. The average molecular weight is 458 g/mol. The van der Waals surface area contributed by atoms with Crippen LogP contribution in [0.4, 0.5) is 15.8 Å². The van der Waals surface area contributed by atoms with Gasteiger partial charge in [0.15, 0.2) is 0 Å². The van der Waals surface area contributed by atoms with E-state index in [1.54, 1.807) is 24.3 Å². The van der Waals surface area contributed by atoms with E-state index in [2.05, 4.69) is 10.8 Å². The molecule has 0 radical (unpaired) electrons. The van der Waals surface area contributed by atoms with Gasteiger partial charge in [0.05, 0.1) is 36.8 Å². The Morgan fingerprint density at radius 3 is 2.92 bits per heavy atom. The van der Waals surface area contributed by atoms with Crippen LogP contribution in [0.1, 0.15) is 15.9 Å². The maximum atomic E-state index is 14.1. The molecule has 132 valence electrons. The van der Waals surface area contributed by atoms with Crippen LogP contribution in [0.2, 0.25) is 0 Å². The molecule has 0 saturated heterocycles. The van der Waals surface area contributed by atoms with Crippen molar-refractivity contribution in [2.75, 3.05) is 25.1 Å². The lowest BCUT2D eigenvalue weighted by atomic mass is 10.1. The van der Waals surface area contributed by atoms with Gasteiger partial charge < -0.3 is 15.2 Å². The van der Waals surface area contributed by atoms with Gasteiger partial charge in [0.25, 0.3) is 5.91 Å². The fourth-order valence-corrected chi connectivity index (χ4v) is 2.92. The van der Waals surface area contributed by atoms with Gasteiger partial charge in [-0.3, -0.25) is 9.63 Å². The standard InChI is InChI=1S/C17H16FIN2O4/c18-13-8-11(19)1-2-14(13)20-15-9-16-10(3-5-24-16)7-12(15)17(23)21-25-6-4-22/h1-2,7-9,20,22H,3-6H2,(H,21,23). The molecule has 2 aromatic carbocycles. The fraction of sp³-hybridized carbons (Fsp3) is 0.235. The Morgan fingerprint density at radius 2 is 2.16 bits per heavy atom. The number of carbonyl (C=O) groups is 1. The monoisotopic (exact) mass is 458 g/mol. The van der Waals surface area contributed by atoms with E-state index in [1.165, 1.54) is 6.07 Å². The van der Waals surface area contributed by atoms with Crippen molar-refractivity contribution in [1.29, 1.82) is 0 Å². The smallest absolute Gasteiger partial charge is 0.276 e. The zero-order chi connectivity index (χ0) is 17.8. The van der Waals surface area contributed by atoms with Gasteiger partial charge in [-0.25, -0.2) is 9.87 Å². The highest BCUT2D eigenvalue weighted by atomic mass is 127.